The van der Waals surface area contributed by atoms with Gasteiger partial charge in [-0.2, -0.15) is 0 Å². The number of hydrogen-bond acceptors (Lipinski definition) is 17. The Labute approximate surface area is 315 Å². The fraction of sp³-hybridized carbons (Fsp3) is 0.839. The Morgan fingerprint density at radius 1 is 0.630 bits per heavy atom. The van der Waals surface area contributed by atoms with Crippen molar-refractivity contribution in [3.8, 4) is 0 Å². The molecule has 0 radical (unpaired) electrons. The van der Waals surface area contributed by atoms with Crippen molar-refractivity contribution >= 4 is 37.1 Å². The standard InChI is InChI=1S/C31H61N8O14P/c1-46-54(2,45)53-24-5-3-23(4-6-24)29(42)39-26(31(44)37-13-16-49-19-22-52-34)8-10-28(41)38-25(30(43)36-12-15-48-18-21-51-33)7-9-27(40)35-11-14-47-17-20-50-32/h23-26H,3-22,32-34H2,1-2H3,(H,35,40)(H,36,43)(H,37,44)(H,38,41)(H,39,42)/t23-,24+,25?,26?,54?. The summed E-state index contributed by atoms with van der Waals surface area (Å²) >= 11 is 0. The summed E-state index contributed by atoms with van der Waals surface area (Å²) in [6, 6.07) is -2.20. The third kappa shape index (κ3) is 23.8. The molecule has 3 atom stereocenters. The summed E-state index contributed by atoms with van der Waals surface area (Å²) < 4.78 is 38.6. The van der Waals surface area contributed by atoms with Gasteiger partial charge in [0.25, 0.3) is 0 Å². The molecule has 3 unspecified atom stereocenters. The summed E-state index contributed by atoms with van der Waals surface area (Å²) in [7, 11) is -1.88. The van der Waals surface area contributed by atoms with Crippen molar-refractivity contribution in [2.45, 2.75) is 69.6 Å². The van der Waals surface area contributed by atoms with Gasteiger partial charge < -0.3 is 64.4 Å². The van der Waals surface area contributed by atoms with E-state index >= 15 is 0 Å². The second-order valence-electron chi connectivity index (χ2n) is 12.2. The molecule has 0 aromatic rings. The Morgan fingerprint density at radius 2 is 1.07 bits per heavy atom. The lowest BCUT2D eigenvalue weighted by molar-refractivity contribution is -0.133. The average molecular weight is 801 g/mol. The lowest BCUT2D eigenvalue weighted by atomic mass is 9.86. The number of amides is 5. The van der Waals surface area contributed by atoms with Crippen LogP contribution in [0.5, 0.6) is 0 Å². The second kappa shape index (κ2) is 30.4. The van der Waals surface area contributed by atoms with E-state index in [9.17, 15) is 28.5 Å². The van der Waals surface area contributed by atoms with E-state index in [1.54, 1.807) is 0 Å². The van der Waals surface area contributed by atoms with Crippen molar-refractivity contribution in [3.63, 3.8) is 0 Å². The van der Waals surface area contributed by atoms with E-state index in [2.05, 4.69) is 41.1 Å². The molecule has 54 heavy (non-hydrogen) atoms. The molecule has 23 heteroatoms. The monoisotopic (exact) mass is 800 g/mol. The normalized spacial score (nSPS) is 17.8. The van der Waals surface area contributed by atoms with Crippen LogP contribution in [0.4, 0.5) is 0 Å². The smallest absolute Gasteiger partial charge is 0.327 e. The molecule has 1 aliphatic rings. The Kier molecular flexibility index (Phi) is 27.6. The molecule has 0 aliphatic heterocycles. The zero-order valence-electron chi connectivity index (χ0n) is 31.3. The van der Waals surface area contributed by atoms with Gasteiger partial charge in [-0.1, -0.05) is 0 Å². The van der Waals surface area contributed by atoms with E-state index in [-0.39, 0.29) is 123 Å². The van der Waals surface area contributed by atoms with Crippen LogP contribution in [0.2, 0.25) is 0 Å². The lowest BCUT2D eigenvalue weighted by Gasteiger charge is -2.30. The van der Waals surface area contributed by atoms with E-state index in [1.165, 1.54) is 13.8 Å². The topological polar surface area (TPSA) is 314 Å². The molecule has 0 saturated heterocycles. The molecule has 0 bridgehead atoms. The Bertz CT molecular complexity index is 1140. The third-order valence-corrected chi connectivity index (χ3v) is 9.36. The highest BCUT2D eigenvalue weighted by Crippen LogP contribution is 2.46. The molecular formula is C31H61N8O14P. The van der Waals surface area contributed by atoms with E-state index < -0.39 is 43.3 Å². The summed E-state index contributed by atoms with van der Waals surface area (Å²) in [5.41, 5.74) is 0. The van der Waals surface area contributed by atoms with Crippen molar-refractivity contribution in [1.29, 1.82) is 0 Å². The number of ether oxygens (including phenoxy) is 3. The lowest BCUT2D eigenvalue weighted by Crippen LogP contribution is -2.51. The highest BCUT2D eigenvalue weighted by molar-refractivity contribution is 7.52. The van der Waals surface area contributed by atoms with Crippen LogP contribution in [-0.4, -0.2) is 141 Å². The summed E-state index contributed by atoms with van der Waals surface area (Å²) in [6.07, 6.45) is 0.995. The van der Waals surface area contributed by atoms with Gasteiger partial charge in [0, 0.05) is 52.2 Å². The molecule has 5 amide bonds. The molecule has 1 fully saturated rings. The number of nitrogens with one attached hydrogen (secondary N) is 5. The van der Waals surface area contributed by atoms with Crippen LogP contribution in [0.15, 0.2) is 0 Å². The van der Waals surface area contributed by atoms with Gasteiger partial charge in [-0.25, -0.2) is 17.7 Å². The molecule has 11 N–H and O–H groups in total. The van der Waals surface area contributed by atoms with Crippen LogP contribution in [-0.2, 0) is 66.3 Å². The van der Waals surface area contributed by atoms with Crippen molar-refractivity contribution in [3.05, 3.63) is 0 Å². The largest absolute Gasteiger partial charge is 0.377 e. The fourth-order valence-electron chi connectivity index (χ4n) is 5.11. The van der Waals surface area contributed by atoms with E-state index in [0.717, 1.165) is 0 Å². The zero-order chi connectivity index (χ0) is 40.0. The van der Waals surface area contributed by atoms with Crippen LogP contribution in [0.25, 0.3) is 0 Å². The highest BCUT2D eigenvalue weighted by atomic mass is 31.2. The van der Waals surface area contributed by atoms with Crippen molar-refractivity contribution in [2.24, 2.45) is 23.6 Å². The number of carbonyl (C=O) groups excluding carboxylic acids is 5. The van der Waals surface area contributed by atoms with Crippen LogP contribution >= 0.6 is 7.60 Å². The predicted molar refractivity (Wildman–Crippen MR) is 192 cm³/mol. The molecule has 1 rings (SSSR count). The zero-order valence-corrected chi connectivity index (χ0v) is 32.2. The van der Waals surface area contributed by atoms with Gasteiger partial charge in [0.15, 0.2) is 0 Å². The molecule has 314 valence electrons. The number of nitrogens with two attached hydrogens (primary N) is 3. The maximum absolute atomic E-state index is 13.3. The minimum atomic E-state index is -3.19. The summed E-state index contributed by atoms with van der Waals surface area (Å²) in [5, 5.41) is 13.4. The third-order valence-electron chi connectivity index (χ3n) is 8.02. The molecule has 0 heterocycles. The van der Waals surface area contributed by atoms with Crippen LogP contribution in [0.1, 0.15) is 51.4 Å². The van der Waals surface area contributed by atoms with E-state index in [4.69, 9.17) is 40.9 Å². The number of rotatable bonds is 32. The van der Waals surface area contributed by atoms with Gasteiger partial charge >= 0.3 is 7.60 Å². The van der Waals surface area contributed by atoms with Gasteiger partial charge in [0.2, 0.25) is 29.5 Å². The molecule has 0 aromatic carbocycles. The first kappa shape index (κ1) is 49.2. The minimum absolute atomic E-state index is 0.0345. The number of hydrogen-bond donors (Lipinski definition) is 8. The van der Waals surface area contributed by atoms with Crippen LogP contribution in [0, 0.1) is 5.92 Å². The Balaban J connectivity index is 2.86. The first-order valence-electron chi connectivity index (χ1n) is 17.9. The van der Waals surface area contributed by atoms with Crippen molar-refractivity contribution < 1.29 is 66.3 Å². The first-order chi connectivity index (χ1) is 26.0. The van der Waals surface area contributed by atoms with Gasteiger partial charge in [-0.15, -0.1) is 0 Å². The van der Waals surface area contributed by atoms with Crippen molar-refractivity contribution in [2.75, 3.05) is 92.9 Å². The highest BCUT2D eigenvalue weighted by Gasteiger charge is 2.32. The Hall–Kier alpha value is -2.86. The molecule has 0 spiro atoms. The van der Waals surface area contributed by atoms with E-state index in [1.807, 2.05) is 0 Å². The Morgan fingerprint density at radius 3 is 1.54 bits per heavy atom. The van der Waals surface area contributed by atoms with Gasteiger partial charge in [-0.05, 0) is 38.5 Å². The van der Waals surface area contributed by atoms with Crippen LogP contribution in [0.3, 0.4) is 0 Å². The van der Waals surface area contributed by atoms with Crippen LogP contribution < -0.4 is 44.3 Å². The number of carbonyl (C=O) groups is 5. The van der Waals surface area contributed by atoms with Crippen molar-refractivity contribution in [1.82, 2.24) is 26.6 Å². The van der Waals surface area contributed by atoms with Gasteiger partial charge in [-0.3, -0.25) is 28.5 Å². The maximum Gasteiger partial charge on any atom is 0.327 e. The quantitative estimate of drug-likeness (QED) is 0.0200. The molecule has 0 aromatic heterocycles. The minimum Gasteiger partial charge on any atom is -0.377 e. The molecular weight excluding hydrogens is 739 g/mol. The maximum atomic E-state index is 13.3. The SMILES string of the molecule is COP(C)(=O)O[C@H]1CC[C@@H](C(=O)NC(CCC(=O)NC(CCC(=O)NCCOCCON)C(=O)NCCOCCON)C(=O)NCCOCCON)CC1. The molecule has 1 saturated carbocycles. The molecule has 22 nitrogen and oxygen atoms in total. The van der Waals surface area contributed by atoms with Gasteiger partial charge in [0.05, 0.1) is 65.6 Å². The molecule has 1 aliphatic carbocycles. The summed E-state index contributed by atoms with van der Waals surface area (Å²) in [5.74, 6) is 12.0. The first-order valence-corrected chi connectivity index (χ1v) is 19.9. The summed E-state index contributed by atoms with van der Waals surface area (Å²) in [6.45, 7) is 3.55. The average Bonchev–Trinajstić information content (AvgIpc) is 3.15. The van der Waals surface area contributed by atoms with E-state index in [0.29, 0.717) is 25.7 Å². The fourth-order valence-corrected chi connectivity index (χ4v) is 5.94. The predicted octanol–water partition coefficient (Wildman–Crippen LogP) is -2.37. The van der Waals surface area contributed by atoms with Gasteiger partial charge in [0.1, 0.15) is 12.1 Å². The second-order valence-corrected chi connectivity index (χ2v) is 14.3. The summed E-state index contributed by atoms with van der Waals surface area (Å²) in [4.78, 5) is 78.5.